The predicted octanol–water partition coefficient (Wildman–Crippen LogP) is 1.86. The van der Waals surface area contributed by atoms with Gasteiger partial charge in [-0.15, -0.1) is 11.6 Å². The fourth-order valence-electron chi connectivity index (χ4n) is 2.70. The third-order valence-electron chi connectivity index (χ3n) is 4.13. The highest BCUT2D eigenvalue weighted by Crippen LogP contribution is 2.53. The minimum Gasteiger partial charge on any atom is -0.386 e. The van der Waals surface area contributed by atoms with E-state index >= 15 is 0 Å². The first kappa shape index (κ1) is 18.4. The van der Waals surface area contributed by atoms with Gasteiger partial charge in [0.2, 0.25) is 0 Å². The summed E-state index contributed by atoms with van der Waals surface area (Å²) in [6.45, 7) is 0.0935. The number of hydrogen-bond donors (Lipinski definition) is 2. The molecule has 25 heavy (non-hydrogen) atoms. The Hall–Kier alpha value is -1.39. The normalized spacial score (nSPS) is 18.6. The second kappa shape index (κ2) is 6.40. The van der Waals surface area contributed by atoms with E-state index in [0.29, 0.717) is 18.4 Å². The Morgan fingerprint density at radius 1 is 1.40 bits per heavy atom. The summed E-state index contributed by atoms with van der Waals surface area (Å²) in [5.74, 6) is -0.232. The van der Waals surface area contributed by atoms with E-state index in [9.17, 15) is 13.5 Å². The lowest BCUT2D eigenvalue weighted by Gasteiger charge is -2.33. The van der Waals surface area contributed by atoms with E-state index in [1.807, 2.05) is 0 Å². The molecule has 11 heteroatoms. The minimum absolute atomic E-state index is 0.0296. The highest BCUT2D eigenvalue weighted by atomic mass is 35.5. The lowest BCUT2D eigenvalue weighted by molar-refractivity contribution is 0.00765. The largest absolute Gasteiger partial charge is 0.446 e. The molecule has 0 radical (unpaired) electrons. The average Bonchev–Trinajstić information content (AvgIpc) is 3.06. The molecule has 1 heterocycles. The van der Waals surface area contributed by atoms with Gasteiger partial charge in [0.25, 0.3) is 0 Å². The molecule has 0 spiro atoms. The number of halogens is 2. The van der Waals surface area contributed by atoms with Crippen LogP contribution in [-0.4, -0.2) is 43.3 Å². The van der Waals surface area contributed by atoms with Crippen molar-refractivity contribution < 1.29 is 22.3 Å². The summed E-state index contributed by atoms with van der Waals surface area (Å²) < 4.78 is 36.6. The zero-order chi connectivity index (χ0) is 18.3. The lowest BCUT2D eigenvalue weighted by Crippen LogP contribution is -2.47. The summed E-state index contributed by atoms with van der Waals surface area (Å²) in [6.07, 6.45) is 4.10. The van der Waals surface area contributed by atoms with Gasteiger partial charge in [-0.3, -0.25) is 4.55 Å². The maximum Gasteiger partial charge on any atom is 0.446 e. The maximum absolute atomic E-state index is 11.2. The summed E-state index contributed by atoms with van der Waals surface area (Å²) >= 11 is 12.7. The number of nitrogens with zero attached hydrogens (tertiary/aromatic N) is 3. The van der Waals surface area contributed by atoms with Gasteiger partial charge in [-0.1, -0.05) is 23.7 Å². The Morgan fingerprint density at radius 3 is 2.68 bits per heavy atom. The molecule has 1 saturated carbocycles. The van der Waals surface area contributed by atoms with Crippen LogP contribution in [0.5, 0.6) is 5.75 Å². The van der Waals surface area contributed by atoms with Crippen molar-refractivity contribution in [3.05, 3.63) is 41.4 Å². The molecule has 0 saturated heterocycles. The summed E-state index contributed by atoms with van der Waals surface area (Å²) in [5.41, 5.74) is -0.958. The molecule has 1 aliphatic carbocycles. The van der Waals surface area contributed by atoms with Gasteiger partial charge in [-0.25, -0.2) is 9.67 Å². The summed E-state index contributed by atoms with van der Waals surface area (Å²) in [5, 5.41) is 15.2. The standard InChI is InChI=1S/C14H15Cl2N3O5S/c15-12-10(2-1-3-11(12)24-25(21,22)23)6-14(20,13(16)4-5-13)7-19-9-17-8-18-19/h1-3,8-9,20H,4-7H2,(H,21,22,23). The molecule has 0 amide bonds. The van der Waals surface area contributed by atoms with Gasteiger partial charge in [0.15, 0.2) is 5.75 Å². The number of rotatable bonds is 7. The van der Waals surface area contributed by atoms with Crippen LogP contribution in [0.1, 0.15) is 18.4 Å². The van der Waals surface area contributed by atoms with Crippen LogP contribution >= 0.6 is 23.2 Å². The Balaban J connectivity index is 1.91. The van der Waals surface area contributed by atoms with E-state index in [1.165, 1.54) is 29.5 Å². The fourth-order valence-corrected chi connectivity index (χ4v) is 3.56. The molecule has 1 aromatic heterocycles. The van der Waals surface area contributed by atoms with Gasteiger partial charge >= 0.3 is 10.4 Å². The highest BCUT2D eigenvalue weighted by molar-refractivity contribution is 7.81. The Morgan fingerprint density at radius 2 is 2.12 bits per heavy atom. The first-order chi connectivity index (χ1) is 11.6. The number of benzene rings is 1. The number of alkyl halides is 1. The van der Waals surface area contributed by atoms with Crippen molar-refractivity contribution in [2.24, 2.45) is 0 Å². The van der Waals surface area contributed by atoms with Crippen LogP contribution in [-0.2, 0) is 23.4 Å². The van der Waals surface area contributed by atoms with Crippen molar-refractivity contribution in [2.75, 3.05) is 0 Å². The van der Waals surface area contributed by atoms with Crippen molar-refractivity contribution in [2.45, 2.75) is 36.3 Å². The summed E-state index contributed by atoms with van der Waals surface area (Å²) in [7, 11) is -4.71. The van der Waals surface area contributed by atoms with Gasteiger partial charge < -0.3 is 9.29 Å². The van der Waals surface area contributed by atoms with Gasteiger partial charge in [0.05, 0.1) is 16.4 Å². The predicted molar refractivity (Wildman–Crippen MR) is 90.1 cm³/mol. The Bertz CT molecular complexity index is 871. The first-order valence-electron chi connectivity index (χ1n) is 7.30. The first-order valence-corrected chi connectivity index (χ1v) is 9.42. The fraction of sp³-hybridized carbons (Fsp3) is 0.429. The maximum atomic E-state index is 11.2. The summed E-state index contributed by atoms with van der Waals surface area (Å²) in [4.78, 5) is 3.01. The van der Waals surface area contributed by atoms with E-state index in [4.69, 9.17) is 27.8 Å². The molecule has 136 valence electrons. The lowest BCUT2D eigenvalue weighted by atomic mass is 9.89. The molecule has 0 bridgehead atoms. The molecule has 8 nitrogen and oxygen atoms in total. The molecule has 1 fully saturated rings. The second-order valence-electron chi connectivity index (χ2n) is 6.01. The molecule has 2 aromatic rings. The Labute approximate surface area is 154 Å². The van der Waals surface area contributed by atoms with Gasteiger partial charge in [-0.2, -0.15) is 13.5 Å². The molecule has 1 atom stereocenters. The zero-order valence-electron chi connectivity index (χ0n) is 12.8. The minimum atomic E-state index is -4.71. The highest BCUT2D eigenvalue weighted by Gasteiger charge is 2.58. The number of aliphatic hydroxyl groups is 1. The van der Waals surface area contributed by atoms with Crippen LogP contribution in [0.3, 0.4) is 0 Å². The van der Waals surface area contributed by atoms with Crippen LogP contribution in [0.2, 0.25) is 5.02 Å². The average molecular weight is 408 g/mol. The van der Waals surface area contributed by atoms with E-state index in [1.54, 1.807) is 6.07 Å². The molecule has 0 aliphatic heterocycles. The molecule has 3 rings (SSSR count). The second-order valence-corrected chi connectivity index (χ2v) is 8.13. The molecule has 2 N–H and O–H groups in total. The van der Waals surface area contributed by atoms with Crippen LogP contribution in [0.15, 0.2) is 30.9 Å². The number of hydrogen-bond acceptors (Lipinski definition) is 6. The molecular weight excluding hydrogens is 393 g/mol. The van der Waals surface area contributed by atoms with E-state index in [2.05, 4.69) is 14.3 Å². The molecule has 1 unspecified atom stereocenters. The SMILES string of the molecule is O=S(=O)(O)Oc1cccc(CC(O)(Cn2cncn2)C2(Cl)CC2)c1Cl. The smallest absolute Gasteiger partial charge is 0.386 e. The van der Waals surface area contributed by atoms with Crippen molar-refractivity contribution >= 4 is 33.6 Å². The van der Waals surface area contributed by atoms with Crippen LogP contribution in [0.25, 0.3) is 0 Å². The molecule has 1 aromatic carbocycles. The zero-order valence-corrected chi connectivity index (χ0v) is 15.2. The van der Waals surface area contributed by atoms with Crippen molar-refractivity contribution in [1.82, 2.24) is 14.8 Å². The third-order valence-corrected chi connectivity index (χ3v) is 5.68. The Kier molecular flexibility index (Phi) is 4.71. The van der Waals surface area contributed by atoms with Crippen LogP contribution in [0.4, 0.5) is 0 Å². The monoisotopic (exact) mass is 407 g/mol. The van der Waals surface area contributed by atoms with E-state index in [0.717, 1.165) is 0 Å². The van der Waals surface area contributed by atoms with E-state index in [-0.39, 0.29) is 23.7 Å². The number of aromatic nitrogens is 3. The van der Waals surface area contributed by atoms with Gasteiger partial charge in [-0.05, 0) is 24.5 Å². The topological polar surface area (TPSA) is 115 Å². The summed E-state index contributed by atoms with van der Waals surface area (Å²) in [6, 6.07) is 4.42. The van der Waals surface area contributed by atoms with Crippen molar-refractivity contribution in [3.63, 3.8) is 0 Å². The third kappa shape index (κ3) is 4.06. The van der Waals surface area contributed by atoms with Crippen LogP contribution in [0, 0.1) is 0 Å². The quantitative estimate of drug-likeness (QED) is 0.531. The molecule has 1 aliphatic rings. The van der Waals surface area contributed by atoms with Crippen LogP contribution < -0.4 is 4.18 Å². The van der Waals surface area contributed by atoms with E-state index < -0.39 is 20.9 Å². The van der Waals surface area contributed by atoms with Gasteiger partial charge in [0, 0.05) is 6.42 Å². The molecular formula is C14H15Cl2N3O5S. The van der Waals surface area contributed by atoms with Crippen molar-refractivity contribution in [3.8, 4) is 5.75 Å². The van der Waals surface area contributed by atoms with Crippen molar-refractivity contribution in [1.29, 1.82) is 0 Å². The van der Waals surface area contributed by atoms with Gasteiger partial charge in [0.1, 0.15) is 18.3 Å².